The summed E-state index contributed by atoms with van der Waals surface area (Å²) in [5.41, 5.74) is 1.57. The third kappa shape index (κ3) is 3.71. The summed E-state index contributed by atoms with van der Waals surface area (Å²) in [7, 11) is 1.63. The Kier molecular flexibility index (Phi) is 4.20. The van der Waals surface area contributed by atoms with Crippen LogP contribution in [0.1, 0.15) is 5.56 Å². The average Bonchev–Trinajstić information content (AvgIpc) is 2.42. The topological polar surface area (TPSA) is 60.3 Å². The highest BCUT2D eigenvalue weighted by Crippen LogP contribution is 2.11. The molecule has 0 aliphatic rings. The highest BCUT2D eigenvalue weighted by molar-refractivity contribution is 5.91. The van der Waals surface area contributed by atoms with Gasteiger partial charge in [0.1, 0.15) is 5.75 Å². The molecule has 0 aliphatic carbocycles. The van der Waals surface area contributed by atoms with Crippen LogP contribution in [0.3, 0.4) is 0 Å². The number of hydrogen-bond acceptors (Lipinski definition) is 3. The molecule has 2 aromatic rings. The molecule has 0 unspecified atom stereocenters. The Balaban J connectivity index is 1.90. The Bertz CT molecular complexity index is 660. The molecule has 0 bridgehead atoms. The van der Waals surface area contributed by atoms with Gasteiger partial charge in [0.15, 0.2) is 6.61 Å². The normalized spacial score (nSPS) is 10.1. The van der Waals surface area contributed by atoms with E-state index in [2.05, 4.69) is 5.32 Å². The van der Waals surface area contributed by atoms with E-state index in [4.69, 9.17) is 4.74 Å². The van der Waals surface area contributed by atoms with Crippen molar-refractivity contribution >= 4 is 11.6 Å². The second kappa shape index (κ2) is 6.06. The Labute approximate surface area is 116 Å². The van der Waals surface area contributed by atoms with Crippen molar-refractivity contribution in [3.05, 3.63) is 58.5 Å². The molecule has 1 heterocycles. The number of rotatable bonds is 4. The van der Waals surface area contributed by atoms with Gasteiger partial charge in [0.2, 0.25) is 5.56 Å². The van der Waals surface area contributed by atoms with Gasteiger partial charge in [0, 0.05) is 19.3 Å². The van der Waals surface area contributed by atoms with E-state index in [0.29, 0.717) is 11.4 Å². The Morgan fingerprint density at radius 1 is 1.20 bits per heavy atom. The third-order valence-electron chi connectivity index (χ3n) is 2.76. The standard InChI is InChI=1S/C15H16N2O3/c1-11-3-6-13(7-4-11)20-10-14(18)16-12-5-8-15(19)17(2)9-12/h3-9H,10H2,1-2H3,(H,16,18). The molecule has 0 spiro atoms. The second-order valence-electron chi connectivity index (χ2n) is 4.52. The van der Waals surface area contributed by atoms with E-state index in [1.54, 1.807) is 19.3 Å². The molecule has 20 heavy (non-hydrogen) atoms. The average molecular weight is 272 g/mol. The molecule has 104 valence electrons. The van der Waals surface area contributed by atoms with Gasteiger partial charge in [-0.3, -0.25) is 9.59 Å². The van der Waals surface area contributed by atoms with Crippen LogP contribution >= 0.6 is 0 Å². The summed E-state index contributed by atoms with van der Waals surface area (Å²) in [5, 5.41) is 2.67. The number of nitrogens with one attached hydrogen (secondary N) is 1. The molecule has 5 heteroatoms. The summed E-state index contributed by atoms with van der Waals surface area (Å²) in [4.78, 5) is 22.9. The number of benzene rings is 1. The maximum atomic E-state index is 11.7. The summed E-state index contributed by atoms with van der Waals surface area (Å²) in [6.07, 6.45) is 1.56. The van der Waals surface area contributed by atoms with E-state index in [-0.39, 0.29) is 18.1 Å². The first kappa shape index (κ1) is 13.9. The van der Waals surface area contributed by atoms with Gasteiger partial charge < -0.3 is 14.6 Å². The molecule has 0 fully saturated rings. The molecule has 0 saturated carbocycles. The monoisotopic (exact) mass is 272 g/mol. The molecule has 1 amide bonds. The summed E-state index contributed by atoms with van der Waals surface area (Å²) in [6.45, 7) is 1.90. The smallest absolute Gasteiger partial charge is 0.262 e. The number of aromatic nitrogens is 1. The van der Waals surface area contributed by atoms with Crippen molar-refractivity contribution in [2.24, 2.45) is 7.05 Å². The van der Waals surface area contributed by atoms with Crippen molar-refractivity contribution < 1.29 is 9.53 Å². The van der Waals surface area contributed by atoms with Gasteiger partial charge in [-0.25, -0.2) is 0 Å². The van der Waals surface area contributed by atoms with E-state index in [0.717, 1.165) is 5.56 Å². The first-order valence-corrected chi connectivity index (χ1v) is 6.20. The number of pyridine rings is 1. The predicted octanol–water partition coefficient (Wildman–Crippen LogP) is 1.71. The first-order valence-electron chi connectivity index (χ1n) is 6.20. The first-order chi connectivity index (χ1) is 9.54. The molecule has 2 rings (SSSR count). The zero-order valence-corrected chi connectivity index (χ0v) is 11.4. The van der Waals surface area contributed by atoms with E-state index in [1.807, 2.05) is 31.2 Å². The number of ether oxygens (including phenoxy) is 1. The second-order valence-corrected chi connectivity index (χ2v) is 4.52. The van der Waals surface area contributed by atoms with Gasteiger partial charge in [-0.1, -0.05) is 17.7 Å². The molecular weight excluding hydrogens is 256 g/mol. The zero-order valence-electron chi connectivity index (χ0n) is 11.4. The van der Waals surface area contributed by atoms with Gasteiger partial charge in [-0.2, -0.15) is 0 Å². The van der Waals surface area contributed by atoms with Gasteiger partial charge in [0.05, 0.1) is 5.69 Å². The van der Waals surface area contributed by atoms with E-state index in [9.17, 15) is 9.59 Å². The van der Waals surface area contributed by atoms with Crippen LogP contribution in [0.2, 0.25) is 0 Å². The lowest BCUT2D eigenvalue weighted by molar-refractivity contribution is -0.118. The summed E-state index contributed by atoms with van der Waals surface area (Å²) in [6, 6.07) is 10.4. The van der Waals surface area contributed by atoms with Crippen molar-refractivity contribution in [2.45, 2.75) is 6.92 Å². The zero-order chi connectivity index (χ0) is 14.5. The van der Waals surface area contributed by atoms with E-state index < -0.39 is 0 Å². The number of anilines is 1. The van der Waals surface area contributed by atoms with Crippen LogP contribution in [0.4, 0.5) is 5.69 Å². The van der Waals surface area contributed by atoms with Crippen LogP contribution in [0, 0.1) is 6.92 Å². The highest BCUT2D eigenvalue weighted by atomic mass is 16.5. The molecule has 0 atom stereocenters. The van der Waals surface area contributed by atoms with Gasteiger partial charge in [-0.05, 0) is 25.1 Å². The van der Waals surface area contributed by atoms with Crippen molar-refractivity contribution in [2.75, 3.05) is 11.9 Å². The van der Waals surface area contributed by atoms with Gasteiger partial charge in [0.25, 0.3) is 5.91 Å². The van der Waals surface area contributed by atoms with Crippen LogP contribution in [-0.2, 0) is 11.8 Å². The number of aryl methyl sites for hydroxylation is 2. The summed E-state index contributed by atoms with van der Waals surface area (Å²) >= 11 is 0. The van der Waals surface area contributed by atoms with Gasteiger partial charge in [-0.15, -0.1) is 0 Å². The Hall–Kier alpha value is -2.56. The van der Waals surface area contributed by atoms with Crippen LogP contribution in [0.5, 0.6) is 5.75 Å². The number of hydrogen-bond donors (Lipinski definition) is 1. The van der Waals surface area contributed by atoms with Crippen molar-refractivity contribution in [3.63, 3.8) is 0 Å². The largest absolute Gasteiger partial charge is 0.484 e. The fourth-order valence-electron chi connectivity index (χ4n) is 1.65. The lowest BCUT2D eigenvalue weighted by Crippen LogP contribution is -2.22. The highest BCUT2D eigenvalue weighted by Gasteiger charge is 2.04. The van der Waals surface area contributed by atoms with Crippen LogP contribution in [0.25, 0.3) is 0 Å². The van der Waals surface area contributed by atoms with Crippen molar-refractivity contribution in [1.82, 2.24) is 4.57 Å². The number of amides is 1. The van der Waals surface area contributed by atoms with E-state index >= 15 is 0 Å². The summed E-state index contributed by atoms with van der Waals surface area (Å²) < 4.78 is 6.77. The molecule has 1 aromatic carbocycles. The van der Waals surface area contributed by atoms with Crippen molar-refractivity contribution in [1.29, 1.82) is 0 Å². The quantitative estimate of drug-likeness (QED) is 0.921. The lowest BCUT2D eigenvalue weighted by atomic mass is 10.2. The molecule has 0 radical (unpaired) electrons. The SMILES string of the molecule is Cc1ccc(OCC(=O)Nc2ccc(=O)n(C)c2)cc1. The summed E-state index contributed by atoms with van der Waals surface area (Å²) in [5.74, 6) is 0.371. The lowest BCUT2D eigenvalue weighted by Gasteiger charge is -2.08. The van der Waals surface area contributed by atoms with Crippen LogP contribution in [-0.4, -0.2) is 17.1 Å². The minimum atomic E-state index is -0.274. The molecule has 5 nitrogen and oxygen atoms in total. The Morgan fingerprint density at radius 3 is 2.55 bits per heavy atom. The van der Waals surface area contributed by atoms with E-state index in [1.165, 1.54) is 10.6 Å². The van der Waals surface area contributed by atoms with Crippen molar-refractivity contribution in [3.8, 4) is 5.75 Å². The number of carbonyl (C=O) groups is 1. The molecule has 1 aromatic heterocycles. The third-order valence-corrected chi connectivity index (χ3v) is 2.76. The molecule has 0 saturated heterocycles. The minimum absolute atomic E-state index is 0.0775. The fraction of sp³-hybridized carbons (Fsp3) is 0.200. The molecule has 1 N–H and O–H groups in total. The minimum Gasteiger partial charge on any atom is -0.484 e. The number of nitrogens with zero attached hydrogens (tertiary/aromatic N) is 1. The van der Waals surface area contributed by atoms with Crippen LogP contribution in [0.15, 0.2) is 47.4 Å². The molecular formula is C15H16N2O3. The predicted molar refractivity (Wildman–Crippen MR) is 77.0 cm³/mol. The Morgan fingerprint density at radius 2 is 1.90 bits per heavy atom. The van der Waals surface area contributed by atoms with Crippen LogP contribution < -0.4 is 15.6 Å². The maximum Gasteiger partial charge on any atom is 0.262 e. The fourth-order valence-corrected chi connectivity index (χ4v) is 1.65. The molecule has 0 aliphatic heterocycles. The maximum absolute atomic E-state index is 11.7. The number of carbonyl (C=O) groups excluding carboxylic acids is 1. The van der Waals surface area contributed by atoms with Gasteiger partial charge >= 0.3 is 0 Å².